The number of fused-ring (bicyclic) bond motifs is 1. The number of nitrogens with zero attached hydrogens (tertiary/aromatic N) is 3. The molecular formula is C20H26BrN3O3S2. The molecule has 0 spiro atoms. The van der Waals surface area contributed by atoms with E-state index in [2.05, 4.69) is 27.8 Å². The van der Waals surface area contributed by atoms with Crippen molar-refractivity contribution in [3.63, 3.8) is 0 Å². The summed E-state index contributed by atoms with van der Waals surface area (Å²) in [6.07, 6.45) is 3.32. The monoisotopic (exact) mass is 499 g/mol. The van der Waals surface area contributed by atoms with E-state index in [9.17, 15) is 9.59 Å². The molecule has 2 aromatic rings. The average Bonchev–Trinajstić information content (AvgIpc) is 3.02. The van der Waals surface area contributed by atoms with Crippen molar-refractivity contribution in [3.05, 3.63) is 27.5 Å². The number of rotatable bonds is 7. The Labute approximate surface area is 187 Å². The molecule has 29 heavy (non-hydrogen) atoms. The molecule has 9 heteroatoms. The summed E-state index contributed by atoms with van der Waals surface area (Å²) in [5.74, 6) is 0.438. The maximum Gasteiger partial charge on any atom is 0.258 e. The third-order valence-electron chi connectivity index (χ3n) is 4.96. The summed E-state index contributed by atoms with van der Waals surface area (Å²) >= 11 is 6.32. The van der Waals surface area contributed by atoms with E-state index in [4.69, 9.17) is 4.74 Å². The SMILES string of the molecule is COCCn1c(=NC(=O)CSCC(=O)N2CCCCC2C)sc2cc(Br)ccc21. The first-order valence-corrected chi connectivity index (χ1v) is 12.5. The molecule has 1 fully saturated rings. The van der Waals surface area contributed by atoms with E-state index in [0.717, 1.165) is 34.1 Å². The van der Waals surface area contributed by atoms with Crippen LogP contribution in [0, 0.1) is 0 Å². The van der Waals surface area contributed by atoms with Crippen LogP contribution in [0.5, 0.6) is 0 Å². The summed E-state index contributed by atoms with van der Waals surface area (Å²) in [6.45, 7) is 4.10. The van der Waals surface area contributed by atoms with Crippen molar-refractivity contribution in [1.29, 1.82) is 0 Å². The van der Waals surface area contributed by atoms with Crippen LogP contribution in [0.25, 0.3) is 10.2 Å². The highest BCUT2D eigenvalue weighted by Crippen LogP contribution is 2.22. The molecule has 2 heterocycles. The van der Waals surface area contributed by atoms with Crippen LogP contribution in [0.4, 0.5) is 0 Å². The molecule has 0 aliphatic carbocycles. The van der Waals surface area contributed by atoms with Crippen LogP contribution in [0.15, 0.2) is 27.7 Å². The number of likely N-dealkylation sites (tertiary alicyclic amines) is 1. The molecule has 0 bridgehead atoms. The van der Waals surface area contributed by atoms with Gasteiger partial charge in [-0.1, -0.05) is 27.3 Å². The van der Waals surface area contributed by atoms with Crippen LogP contribution in [-0.2, 0) is 20.9 Å². The summed E-state index contributed by atoms with van der Waals surface area (Å²) in [5.41, 5.74) is 1.03. The summed E-state index contributed by atoms with van der Waals surface area (Å²) in [7, 11) is 1.66. The number of hydrogen-bond acceptors (Lipinski definition) is 5. The number of thiazole rings is 1. The van der Waals surface area contributed by atoms with E-state index in [1.807, 2.05) is 27.7 Å². The zero-order chi connectivity index (χ0) is 20.8. The summed E-state index contributed by atoms with van der Waals surface area (Å²) in [4.78, 5) is 31.8. The first-order chi connectivity index (χ1) is 14.0. The lowest BCUT2D eigenvalue weighted by Crippen LogP contribution is -2.43. The van der Waals surface area contributed by atoms with Gasteiger partial charge in [0, 0.05) is 30.7 Å². The van der Waals surface area contributed by atoms with Gasteiger partial charge >= 0.3 is 0 Å². The van der Waals surface area contributed by atoms with Crippen molar-refractivity contribution in [3.8, 4) is 0 Å². The highest BCUT2D eigenvalue weighted by atomic mass is 79.9. The van der Waals surface area contributed by atoms with Crippen molar-refractivity contribution in [2.45, 2.75) is 38.8 Å². The minimum Gasteiger partial charge on any atom is -0.383 e. The van der Waals surface area contributed by atoms with E-state index in [1.165, 1.54) is 29.5 Å². The van der Waals surface area contributed by atoms with Gasteiger partial charge in [0.15, 0.2) is 4.80 Å². The number of aromatic nitrogens is 1. The van der Waals surface area contributed by atoms with Gasteiger partial charge in [0.2, 0.25) is 5.91 Å². The molecular weight excluding hydrogens is 474 g/mol. The van der Waals surface area contributed by atoms with Gasteiger partial charge in [-0.3, -0.25) is 9.59 Å². The summed E-state index contributed by atoms with van der Waals surface area (Å²) < 4.78 is 9.27. The van der Waals surface area contributed by atoms with Crippen LogP contribution in [0.3, 0.4) is 0 Å². The van der Waals surface area contributed by atoms with E-state index in [-0.39, 0.29) is 17.6 Å². The van der Waals surface area contributed by atoms with Gasteiger partial charge in [-0.25, -0.2) is 0 Å². The standard InChI is InChI=1S/C20H26BrN3O3S2/c1-14-5-3-4-8-23(14)19(26)13-28-12-18(25)22-20-24(9-10-27-2)16-7-6-15(21)11-17(16)29-20/h6-7,11,14H,3-5,8-10,12-13H2,1-2H3. The number of carbonyl (C=O) groups excluding carboxylic acids is 2. The molecule has 1 unspecified atom stereocenters. The van der Waals surface area contributed by atoms with E-state index in [0.29, 0.717) is 29.7 Å². The third kappa shape index (κ3) is 5.93. The average molecular weight is 500 g/mol. The van der Waals surface area contributed by atoms with E-state index >= 15 is 0 Å². The Bertz CT molecular complexity index is 941. The Morgan fingerprint density at radius 3 is 2.93 bits per heavy atom. The Kier molecular flexibility index (Phi) is 8.35. The van der Waals surface area contributed by atoms with Gasteiger partial charge in [-0.15, -0.1) is 11.8 Å². The Morgan fingerprint density at radius 1 is 1.34 bits per heavy atom. The number of amides is 2. The number of benzene rings is 1. The quantitative estimate of drug-likeness (QED) is 0.582. The maximum atomic E-state index is 12.4. The largest absolute Gasteiger partial charge is 0.383 e. The van der Waals surface area contributed by atoms with Gasteiger partial charge in [0.05, 0.1) is 28.3 Å². The van der Waals surface area contributed by atoms with Crippen molar-refractivity contribution < 1.29 is 14.3 Å². The van der Waals surface area contributed by atoms with Crippen LogP contribution >= 0.6 is 39.0 Å². The van der Waals surface area contributed by atoms with Crippen LogP contribution in [-0.4, -0.2) is 59.1 Å². The summed E-state index contributed by atoms with van der Waals surface area (Å²) in [5, 5.41) is 0. The lowest BCUT2D eigenvalue weighted by molar-refractivity contribution is -0.131. The smallest absolute Gasteiger partial charge is 0.258 e. The molecule has 158 valence electrons. The second kappa shape index (κ2) is 10.7. The molecule has 1 aromatic heterocycles. The number of thioether (sulfide) groups is 1. The number of piperidine rings is 1. The highest BCUT2D eigenvalue weighted by molar-refractivity contribution is 9.10. The first kappa shape index (κ1) is 22.5. The van der Waals surface area contributed by atoms with Gasteiger partial charge < -0.3 is 14.2 Å². The third-order valence-corrected chi connectivity index (χ3v) is 7.40. The Balaban J connectivity index is 1.66. The zero-order valence-electron chi connectivity index (χ0n) is 16.7. The zero-order valence-corrected chi connectivity index (χ0v) is 19.9. The fourth-order valence-electron chi connectivity index (χ4n) is 3.45. The van der Waals surface area contributed by atoms with Crippen LogP contribution in [0.1, 0.15) is 26.2 Å². The molecule has 1 aliphatic heterocycles. The normalized spacial score (nSPS) is 17.8. The molecule has 0 saturated carbocycles. The highest BCUT2D eigenvalue weighted by Gasteiger charge is 2.22. The Morgan fingerprint density at radius 2 is 2.17 bits per heavy atom. The number of ether oxygens (including phenoxy) is 1. The van der Waals surface area contributed by atoms with Crippen LogP contribution < -0.4 is 4.80 Å². The van der Waals surface area contributed by atoms with Gasteiger partial charge in [0.25, 0.3) is 5.91 Å². The summed E-state index contributed by atoms with van der Waals surface area (Å²) in [6, 6.07) is 6.32. The van der Waals surface area contributed by atoms with Gasteiger partial charge in [-0.2, -0.15) is 4.99 Å². The molecule has 3 rings (SSSR count). The lowest BCUT2D eigenvalue weighted by atomic mass is 10.0. The van der Waals surface area contributed by atoms with Gasteiger partial charge in [-0.05, 0) is 44.4 Å². The molecule has 6 nitrogen and oxygen atoms in total. The maximum absolute atomic E-state index is 12.4. The van der Waals surface area contributed by atoms with Gasteiger partial charge in [0.1, 0.15) is 0 Å². The fraction of sp³-hybridized carbons (Fsp3) is 0.550. The van der Waals surface area contributed by atoms with Crippen molar-refractivity contribution in [2.24, 2.45) is 4.99 Å². The molecule has 0 radical (unpaired) electrons. The number of methoxy groups -OCH3 is 1. The molecule has 1 aliphatic rings. The Hall–Kier alpha value is -1.16. The lowest BCUT2D eigenvalue weighted by Gasteiger charge is -2.33. The minimum absolute atomic E-state index is 0.122. The molecule has 1 aromatic carbocycles. The van der Waals surface area contributed by atoms with Crippen molar-refractivity contribution >= 4 is 61.1 Å². The number of hydrogen-bond donors (Lipinski definition) is 0. The van der Waals surface area contributed by atoms with Crippen molar-refractivity contribution in [1.82, 2.24) is 9.47 Å². The minimum atomic E-state index is -0.216. The van der Waals surface area contributed by atoms with E-state index in [1.54, 1.807) is 7.11 Å². The second-order valence-corrected chi connectivity index (χ2v) is 9.98. The van der Waals surface area contributed by atoms with E-state index < -0.39 is 0 Å². The predicted molar refractivity (Wildman–Crippen MR) is 122 cm³/mol. The van der Waals surface area contributed by atoms with Crippen molar-refractivity contribution in [2.75, 3.05) is 31.8 Å². The first-order valence-electron chi connectivity index (χ1n) is 9.72. The molecule has 1 saturated heterocycles. The molecule has 1 atom stereocenters. The van der Waals surface area contributed by atoms with Crippen LogP contribution in [0.2, 0.25) is 0 Å². The molecule has 0 N–H and O–H groups in total. The predicted octanol–water partition coefficient (Wildman–Crippen LogP) is 3.67. The fourth-order valence-corrected chi connectivity index (χ4v) is 5.75. The second-order valence-electron chi connectivity index (χ2n) is 7.07. The topological polar surface area (TPSA) is 63.9 Å². The number of carbonyl (C=O) groups is 2. The number of halogens is 1. The molecule has 2 amide bonds.